The van der Waals surface area contributed by atoms with E-state index in [9.17, 15) is 0 Å². The van der Waals surface area contributed by atoms with Gasteiger partial charge in [0.25, 0.3) is 0 Å². The Morgan fingerprint density at radius 3 is 2.74 bits per heavy atom. The lowest BCUT2D eigenvalue weighted by atomic mass is 10.2. The third-order valence-corrected chi connectivity index (χ3v) is 3.43. The molecule has 2 aromatic heterocycles. The fourth-order valence-electron chi connectivity index (χ4n) is 2.32. The highest BCUT2D eigenvalue weighted by molar-refractivity contribution is 5.56. The molecule has 0 aliphatic rings. The summed E-state index contributed by atoms with van der Waals surface area (Å²) >= 11 is 0. The van der Waals surface area contributed by atoms with Crippen molar-refractivity contribution in [2.24, 2.45) is 0 Å². The van der Waals surface area contributed by atoms with E-state index in [2.05, 4.69) is 20.3 Å². The molecule has 1 aromatic carbocycles. The first-order valence-electron chi connectivity index (χ1n) is 7.38. The summed E-state index contributed by atoms with van der Waals surface area (Å²) in [7, 11) is 1.67. The van der Waals surface area contributed by atoms with E-state index in [4.69, 9.17) is 4.74 Å². The van der Waals surface area contributed by atoms with Crippen LogP contribution in [0.2, 0.25) is 0 Å². The molecule has 1 N–H and O–H groups in total. The molecule has 0 saturated carbocycles. The van der Waals surface area contributed by atoms with Crippen LogP contribution in [-0.4, -0.2) is 22.1 Å². The zero-order valence-corrected chi connectivity index (χ0v) is 13.2. The highest BCUT2D eigenvalue weighted by atomic mass is 16.5. The molecule has 0 atom stereocenters. The molecule has 0 bridgehead atoms. The molecule has 2 heterocycles. The average molecular weight is 306 g/mol. The molecule has 0 aliphatic carbocycles. The molecule has 5 heteroatoms. The first-order valence-corrected chi connectivity index (χ1v) is 7.38. The van der Waals surface area contributed by atoms with Crippen molar-refractivity contribution in [3.63, 3.8) is 0 Å². The Bertz CT molecular complexity index is 790. The second-order valence-electron chi connectivity index (χ2n) is 5.13. The fraction of sp³-hybridized carbons (Fsp3) is 0.167. The van der Waals surface area contributed by atoms with E-state index in [-0.39, 0.29) is 0 Å². The number of aryl methyl sites for hydroxylation is 1. The van der Waals surface area contributed by atoms with Crippen molar-refractivity contribution in [2.75, 3.05) is 12.4 Å². The number of anilines is 1. The van der Waals surface area contributed by atoms with Crippen molar-refractivity contribution in [1.82, 2.24) is 15.0 Å². The van der Waals surface area contributed by atoms with Crippen LogP contribution in [0.4, 0.5) is 5.82 Å². The van der Waals surface area contributed by atoms with Gasteiger partial charge in [0.15, 0.2) is 5.82 Å². The van der Waals surface area contributed by atoms with Crippen LogP contribution in [-0.2, 0) is 6.54 Å². The number of hydrogen-bond acceptors (Lipinski definition) is 5. The van der Waals surface area contributed by atoms with Crippen LogP contribution < -0.4 is 10.1 Å². The number of pyridine rings is 1. The minimum atomic E-state index is 0.632. The molecule has 0 fully saturated rings. The number of ether oxygens (including phenoxy) is 1. The van der Waals surface area contributed by atoms with Gasteiger partial charge in [0.05, 0.1) is 7.11 Å². The second-order valence-corrected chi connectivity index (χ2v) is 5.13. The smallest absolute Gasteiger partial charge is 0.163 e. The lowest BCUT2D eigenvalue weighted by molar-refractivity contribution is 0.410. The van der Waals surface area contributed by atoms with Crippen LogP contribution >= 0.6 is 0 Å². The maximum absolute atomic E-state index is 5.37. The van der Waals surface area contributed by atoms with Crippen LogP contribution in [0.25, 0.3) is 11.4 Å². The van der Waals surface area contributed by atoms with Gasteiger partial charge in [-0.25, -0.2) is 9.97 Å². The van der Waals surface area contributed by atoms with E-state index in [0.717, 1.165) is 28.4 Å². The van der Waals surface area contributed by atoms with E-state index in [1.807, 2.05) is 49.4 Å². The lowest BCUT2D eigenvalue weighted by Gasteiger charge is -2.11. The molecule has 0 radical (unpaired) electrons. The monoisotopic (exact) mass is 306 g/mol. The van der Waals surface area contributed by atoms with Crippen LogP contribution in [0.3, 0.4) is 0 Å². The summed E-state index contributed by atoms with van der Waals surface area (Å²) in [6, 6.07) is 13.7. The van der Waals surface area contributed by atoms with Crippen molar-refractivity contribution in [3.8, 4) is 17.1 Å². The Kier molecular flexibility index (Phi) is 4.47. The van der Waals surface area contributed by atoms with Gasteiger partial charge in [-0.05, 0) is 25.1 Å². The quantitative estimate of drug-likeness (QED) is 0.782. The van der Waals surface area contributed by atoms with Gasteiger partial charge in [0.1, 0.15) is 11.6 Å². The molecule has 0 unspecified atom stereocenters. The van der Waals surface area contributed by atoms with E-state index >= 15 is 0 Å². The Hall–Kier alpha value is -2.95. The van der Waals surface area contributed by atoms with Gasteiger partial charge in [0, 0.05) is 41.8 Å². The van der Waals surface area contributed by atoms with Crippen molar-refractivity contribution in [1.29, 1.82) is 0 Å². The molecule has 0 amide bonds. The summed E-state index contributed by atoms with van der Waals surface area (Å²) in [4.78, 5) is 13.2. The normalized spacial score (nSPS) is 10.3. The maximum Gasteiger partial charge on any atom is 0.163 e. The molecule has 23 heavy (non-hydrogen) atoms. The molecule has 3 rings (SSSR count). The number of nitrogens with zero attached hydrogens (tertiary/aromatic N) is 3. The summed E-state index contributed by atoms with van der Waals surface area (Å²) in [5, 5.41) is 3.34. The van der Waals surface area contributed by atoms with Gasteiger partial charge in [-0.3, -0.25) is 4.98 Å². The fourth-order valence-corrected chi connectivity index (χ4v) is 2.32. The number of nitrogens with one attached hydrogen (secondary N) is 1. The molecule has 3 aromatic rings. The Balaban J connectivity index is 1.82. The average Bonchev–Trinajstić information content (AvgIpc) is 2.60. The molecule has 0 spiro atoms. The van der Waals surface area contributed by atoms with Gasteiger partial charge in [-0.15, -0.1) is 0 Å². The SMILES string of the molecule is COc1ccccc1CNc1cc(C)nc(-c2cccnc2)n1. The van der Waals surface area contributed by atoms with Gasteiger partial charge < -0.3 is 10.1 Å². The summed E-state index contributed by atoms with van der Waals surface area (Å²) in [6.45, 7) is 2.59. The summed E-state index contributed by atoms with van der Waals surface area (Å²) in [6.07, 6.45) is 3.50. The summed E-state index contributed by atoms with van der Waals surface area (Å²) < 4.78 is 5.37. The zero-order valence-electron chi connectivity index (χ0n) is 13.2. The molecule has 0 aliphatic heterocycles. The topological polar surface area (TPSA) is 59.9 Å². The van der Waals surface area contributed by atoms with E-state index < -0.39 is 0 Å². The number of rotatable bonds is 5. The second kappa shape index (κ2) is 6.87. The number of hydrogen-bond donors (Lipinski definition) is 1. The molecular weight excluding hydrogens is 288 g/mol. The zero-order chi connectivity index (χ0) is 16.1. The van der Waals surface area contributed by atoms with Crippen LogP contribution in [0.15, 0.2) is 54.9 Å². The Labute approximate surface area is 135 Å². The third kappa shape index (κ3) is 3.63. The van der Waals surface area contributed by atoms with E-state index in [1.165, 1.54) is 0 Å². The summed E-state index contributed by atoms with van der Waals surface area (Å²) in [5.41, 5.74) is 2.88. The highest BCUT2D eigenvalue weighted by Crippen LogP contribution is 2.20. The van der Waals surface area contributed by atoms with Crippen LogP contribution in [0, 0.1) is 6.92 Å². The third-order valence-electron chi connectivity index (χ3n) is 3.43. The van der Waals surface area contributed by atoms with Crippen LogP contribution in [0.1, 0.15) is 11.3 Å². The number of para-hydroxylation sites is 1. The van der Waals surface area contributed by atoms with Crippen molar-refractivity contribution in [3.05, 3.63) is 66.1 Å². The van der Waals surface area contributed by atoms with Gasteiger partial charge in [-0.2, -0.15) is 0 Å². The summed E-state index contributed by atoms with van der Waals surface area (Å²) in [5.74, 6) is 2.31. The number of methoxy groups -OCH3 is 1. The van der Waals surface area contributed by atoms with E-state index in [0.29, 0.717) is 12.4 Å². The van der Waals surface area contributed by atoms with Crippen molar-refractivity contribution < 1.29 is 4.74 Å². The van der Waals surface area contributed by atoms with Crippen molar-refractivity contribution in [2.45, 2.75) is 13.5 Å². The van der Waals surface area contributed by atoms with Gasteiger partial charge >= 0.3 is 0 Å². The largest absolute Gasteiger partial charge is 0.496 e. The standard InChI is InChI=1S/C18H18N4O/c1-13-10-17(20-12-14-6-3-4-8-16(14)23-2)22-18(21-13)15-7-5-9-19-11-15/h3-11H,12H2,1-2H3,(H,20,21,22). The predicted molar refractivity (Wildman–Crippen MR) is 90.3 cm³/mol. The Morgan fingerprint density at radius 1 is 1.09 bits per heavy atom. The molecular formula is C18H18N4O. The van der Waals surface area contributed by atoms with Crippen molar-refractivity contribution >= 4 is 5.82 Å². The molecule has 116 valence electrons. The number of aromatic nitrogens is 3. The minimum absolute atomic E-state index is 0.632. The Morgan fingerprint density at radius 2 is 1.96 bits per heavy atom. The molecule has 0 saturated heterocycles. The van der Waals surface area contributed by atoms with Crippen LogP contribution in [0.5, 0.6) is 5.75 Å². The number of benzene rings is 1. The van der Waals surface area contributed by atoms with E-state index in [1.54, 1.807) is 19.5 Å². The first-order chi connectivity index (χ1) is 11.3. The molecule has 5 nitrogen and oxygen atoms in total. The maximum atomic E-state index is 5.37. The van der Waals surface area contributed by atoms with Gasteiger partial charge in [0.2, 0.25) is 0 Å². The lowest BCUT2D eigenvalue weighted by Crippen LogP contribution is -2.05. The first kappa shape index (κ1) is 15.0. The minimum Gasteiger partial charge on any atom is -0.496 e. The highest BCUT2D eigenvalue weighted by Gasteiger charge is 2.06. The predicted octanol–water partition coefficient (Wildman–Crippen LogP) is 3.47. The van der Waals surface area contributed by atoms with Gasteiger partial charge in [-0.1, -0.05) is 18.2 Å².